The second-order valence-electron chi connectivity index (χ2n) is 7.90. The maximum Gasteiger partial charge on any atom is 0.174 e. The van der Waals surface area contributed by atoms with E-state index in [1.165, 1.54) is 11.3 Å². The van der Waals surface area contributed by atoms with Gasteiger partial charge in [-0.2, -0.15) is 0 Å². The van der Waals surface area contributed by atoms with Crippen molar-refractivity contribution in [3.05, 3.63) is 114 Å². The van der Waals surface area contributed by atoms with Crippen LogP contribution in [-0.2, 0) is 13.0 Å². The highest BCUT2D eigenvalue weighted by Gasteiger charge is 2.42. The Morgan fingerprint density at radius 3 is 2.38 bits per heavy atom. The Balaban J connectivity index is 1.59. The standard InChI is InChI=1S/C26H25N5S/c1-2-19-11-13-21(14-12-19)31-25(24(29-26(31)32)22-9-4-6-16-28-22)23-10-7-17-30(23)18-20-8-3-5-15-27-20/h3-17,24-25H,2,18H2,1H3,(H,29,32)/t24-,25+/m1/s1. The lowest BCUT2D eigenvalue weighted by Gasteiger charge is -2.29. The summed E-state index contributed by atoms with van der Waals surface area (Å²) in [5.74, 6) is 0. The molecule has 0 bridgehead atoms. The van der Waals surface area contributed by atoms with Crippen LogP contribution in [0.25, 0.3) is 0 Å². The number of anilines is 1. The Bertz CT molecular complexity index is 1190. The number of rotatable bonds is 6. The molecule has 0 radical (unpaired) electrons. The number of aromatic nitrogens is 3. The summed E-state index contributed by atoms with van der Waals surface area (Å²) in [7, 11) is 0. The van der Waals surface area contributed by atoms with E-state index >= 15 is 0 Å². The van der Waals surface area contributed by atoms with Gasteiger partial charge in [-0.15, -0.1) is 0 Å². The van der Waals surface area contributed by atoms with Crippen LogP contribution in [0.4, 0.5) is 5.69 Å². The van der Waals surface area contributed by atoms with E-state index in [4.69, 9.17) is 12.2 Å². The Hall–Kier alpha value is -3.51. The van der Waals surface area contributed by atoms with Gasteiger partial charge in [-0.1, -0.05) is 31.2 Å². The van der Waals surface area contributed by atoms with Gasteiger partial charge in [0.15, 0.2) is 5.11 Å². The Kier molecular flexibility index (Phi) is 5.69. The van der Waals surface area contributed by atoms with E-state index in [0.717, 1.165) is 23.5 Å². The highest BCUT2D eigenvalue weighted by atomic mass is 32.1. The van der Waals surface area contributed by atoms with E-state index < -0.39 is 0 Å². The first-order chi connectivity index (χ1) is 15.7. The minimum atomic E-state index is -0.0630. The highest BCUT2D eigenvalue weighted by molar-refractivity contribution is 7.80. The average molecular weight is 440 g/mol. The minimum Gasteiger partial charge on any atom is -0.351 e. The molecule has 4 heterocycles. The summed E-state index contributed by atoms with van der Waals surface area (Å²) in [5.41, 5.74) is 5.54. The largest absolute Gasteiger partial charge is 0.351 e. The molecule has 1 aliphatic heterocycles. The summed E-state index contributed by atoms with van der Waals surface area (Å²) < 4.78 is 2.26. The zero-order valence-corrected chi connectivity index (χ0v) is 18.7. The molecule has 1 aliphatic rings. The third-order valence-electron chi connectivity index (χ3n) is 5.95. The van der Waals surface area contributed by atoms with Crippen LogP contribution in [-0.4, -0.2) is 19.6 Å². The number of hydrogen-bond acceptors (Lipinski definition) is 3. The summed E-state index contributed by atoms with van der Waals surface area (Å²) in [4.78, 5) is 11.4. The average Bonchev–Trinajstić information content (AvgIpc) is 3.44. The smallest absolute Gasteiger partial charge is 0.174 e. The van der Waals surface area contributed by atoms with Crippen LogP contribution in [0, 0.1) is 0 Å². The van der Waals surface area contributed by atoms with Gasteiger partial charge in [0.1, 0.15) is 6.04 Å². The molecule has 5 rings (SSSR count). The molecule has 0 aliphatic carbocycles. The zero-order valence-electron chi connectivity index (χ0n) is 17.9. The van der Waals surface area contributed by atoms with Crippen molar-refractivity contribution in [2.24, 2.45) is 0 Å². The van der Waals surface area contributed by atoms with Crippen LogP contribution in [0.3, 0.4) is 0 Å². The lowest BCUT2D eigenvalue weighted by atomic mass is 10.0. The van der Waals surface area contributed by atoms with Gasteiger partial charge in [0.2, 0.25) is 0 Å². The molecule has 3 aromatic heterocycles. The first-order valence-corrected chi connectivity index (χ1v) is 11.3. The van der Waals surface area contributed by atoms with Crippen LogP contribution in [0.1, 0.15) is 41.7 Å². The van der Waals surface area contributed by atoms with Crippen molar-refractivity contribution in [1.29, 1.82) is 0 Å². The topological polar surface area (TPSA) is 46.0 Å². The van der Waals surface area contributed by atoms with Crippen molar-refractivity contribution in [2.75, 3.05) is 4.90 Å². The molecule has 0 saturated carbocycles. The third kappa shape index (κ3) is 3.89. The normalized spacial score (nSPS) is 18.0. The van der Waals surface area contributed by atoms with E-state index in [0.29, 0.717) is 11.7 Å². The Morgan fingerprint density at radius 1 is 0.906 bits per heavy atom. The van der Waals surface area contributed by atoms with E-state index in [1.54, 1.807) is 0 Å². The minimum absolute atomic E-state index is 0.0383. The first kappa shape index (κ1) is 20.4. The fourth-order valence-corrected chi connectivity index (χ4v) is 4.68. The molecule has 2 atom stereocenters. The maximum absolute atomic E-state index is 5.85. The molecular weight excluding hydrogens is 414 g/mol. The van der Waals surface area contributed by atoms with Crippen molar-refractivity contribution < 1.29 is 0 Å². The van der Waals surface area contributed by atoms with Crippen LogP contribution in [0.5, 0.6) is 0 Å². The molecule has 160 valence electrons. The van der Waals surface area contributed by atoms with Crippen molar-refractivity contribution in [3.63, 3.8) is 0 Å². The highest BCUT2D eigenvalue weighted by Crippen LogP contribution is 2.41. The number of pyridine rings is 2. The number of benzene rings is 1. The number of nitrogens with zero attached hydrogens (tertiary/aromatic N) is 4. The molecule has 5 nitrogen and oxygen atoms in total. The molecule has 0 amide bonds. The van der Waals surface area contributed by atoms with Crippen LogP contribution in [0.15, 0.2) is 91.4 Å². The second kappa shape index (κ2) is 8.93. The number of hydrogen-bond donors (Lipinski definition) is 1. The fourth-order valence-electron chi connectivity index (χ4n) is 4.33. The van der Waals surface area contributed by atoms with Crippen LogP contribution >= 0.6 is 12.2 Å². The van der Waals surface area contributed by atoms with E-state index in [-0.39, 0.29) is 12.1 Å². The van der Waals surface area contributed by atoms with Crippen LogP contribution in [0.2, 0.25) is 0 Å². The van der Waals surface area contributed by atoms with Crippen molar-refractivity contribution in [1.82, 2.24) is 19.9 Å². The van der Waals surface area contributed by atoms with Crippen molar-refractivity contribution >= 4 is 23.0 Å². The summed E-state index contributed by atoms with van der Waals surface area (Å²) in [6.07, 6.45) is 6.79. The van der Waals surface area contributed by atoms with Crippen molar-refractivity contribution in [3.8, 4) is 0 Å². The van der Waals surface area contributed by atoms with Gasteiger partial charge in [0.05, 0.1) is 24.0 Å². The molecule has 1 aromatic carbocycles. The van der Waals surface area contributed by atoms with Gasteiger partial charge >= 0.3 is 0 Å². The predicted molar refractivity (Wildman–Crippen MR) is 132 cm³/mol. The van der Waals surface area contributed by atoms with Crippen molar-refractivity contribution in [2.45, 2.75) is 32.0 Å². The molecule has 0 unspecified atom stereocenters. The monoisotopic (exact) mass is 439 g/mol. The summed E-state index contributed by atoms with van der Waals surface area (Å²) in [5, 5.41) is 4.25. The summed E-state index contributed by atoms with van der Waals surface area (Å²) >= 11 is 5.85. The zero-order chi connectivity index (χ0) is 21.9. The molecule has 1 saturated heterocycles. The van der Waals surface area contributed by atoms with E-state index in [2.05, 4.69) is 86.4 Å². The molecule has 6 heteroatoms. The molecular formula is C26H25N5S. The molecule has 0 spiro atoms. The van der Waals surface area contributed by atoms with Gasteiger partial charge in [0.25, 0.3) is 0 Å². The van der Waals surface area contributed by atoms with E-state index in [9.17, 15) is 0 Å². The third-order valence-corrected chi connectivity index (χ3v) is 6.26. The van der Waals surface area contributed by atoms with Gasteiger partial charge < -0.3 is 14.8 Å². The van der Waals surface area contributed by atoms with Crippen LogP contribution < -0.4 is 10.2 Å². The molecule has 32 heavy (non-hydrogen) atoms. The van der Waals surface area contributed by atoms with Gasteiger partial charge in [-0.05, 0) is 72.7 Å². The second-order valence-corrected chi connectivity index (χ2v) is 8.29. The number of aryl methyl sites for hydroxylation is 1. The fraction of sp³-hybridized carbons (Fsp3) is 0.192. The lowest BCUT2D eigenvalue weighted by Crippen LogP contribution is -2.30. The van der Waals surface area contributed by atoms with E-state index in [1.807, 2.05) is 36.7 Å². The Labute approximate surface area is 193 Å². The number of nitrogens with one attached hydrogen (secondary N) is 1. The lowest BCUT2D eigenvalue weighted by molar-refractivity contribution is 0.532. The summed E-state index contributed by atoms with van der Waals surface area (Å²) in [6.45, 7) is 2.87. The first-order valence-electron chi connectivity index (χ1n) is 10.9. The maximum atomic E-state index is 5.85. The number of thiocarbonyl (C=S) groups is 1. The quantitative estimate of drug-likeness (QED) is 0.425. The molecule has 1 N–H and O–H groups in total. The van der Waals surface area contributed by atoms with Gasteiger partial charge in [-0.3, -0.25) is 9.97 Å². The van der Waals surface area contributed by atoms with Gasteiger partial charge in [-0.25, -0.2) is 0 Å². The van der Waals surface area contributed by atoms with Gasteiger partial charge in [0, 0.05) is 30.0 Å². The SMILES string of the molecule is CCc1ccc(N2C(=S)N[C@H](c3ccccn3)[C@@H]2c2cccn2Cc2ccccn2)cc1. The predicted octanol–water partition coefficient (Wildman–Crippen LogP) is 5.07. The summed E-state index contributed by atoms with van der Waals surface area (Å²) in [6, 6.07) is 24.9. The molecule has 4 aromatic rings. The molecule has 1 fully saturated rings. The Morgan fingerprint density at radius 2 is 1.69 bits per heavy atom.